The van der Waals surface area contributed by atoms with Crippen LogP contribution in [0.5, 0.6) is 5.75 Å². The lowest BCUT2D eigenvalue weighted by atomic mass is 10.2. The Morgan fingerprint density at radius 3 is 1.43 bits per heavy atom. The van der Waals surface area contributed by atoms with E-state index in [-0.39, 0.29) is 0 Å². The normalized spacial score (nSPS) is 9.38. The zero-order chi connectivity index (χ0) is 14.9. The summed E-state index contributed by atoms with van der Waals surface area (Å²) in [6.45, 7) is 1.99. The minimum Gasteiger partial charge on any atom is -0.508 e. The Balaban J connectivity index is 0.000000173. The molecular weight excluding hydrogens is 258 g/mol. The van der Waals surface area contributed by atoms with E-state index in [1.165, 1.54) is 5.56 Å². The number of anilines is 2. The highest BCUT2D eigenvalue weighted by Crippen LogP contribution is 2.14. The fraction of sp³-hybridized carbons (Fsp3) is 0.0526. The van der Waals surface area contributed by atoms with E-state index in [9.17, 15) is 0 Å². The van der Waals surface area contributed by atoms with Crippen molar-refractivity contribution in [2.75, 3.05) is 5.32 Å². The van der Waals surface area contributed by atoms with Crippen LogP contribution in [0.4, 0.5) is 11.4 Å². The van der Waals surface area contributed by atoms with Crippen molar-refractivity contribution in [3.05, 3.63) is 90.5 Å². The van der Waals surface area contributed by atoms with Gasteiger partial charge in [-0.25, -0.2) is 0 Å². The van der Waals surface area contributed by atoms with Crippen molar-refractivity contribution in [3.8, 4) is 5.75 Å². The van der Waals surface area contributed by atoms with Crippen molar-refractivity contribution < 1.29 is 5.11 Å². The molecule has 0 bridgehead atoms. The Morgan fingerprint density at radius 1 is 0.619 bits per heavy atom. The highest BCUT2D eigenvalue weighted by atomic mass is 16.3. The number of nitrogens with one attached hydrogen (secondary N) is 1. The van der Waals surface area contributed by atoms with Crippen molar-refractivity contribution in [2.45, 2.75) is 6.92 Å². The fourth-order valence-electron chi connectivity index (χ4n) is 1.75. The lowest BCUT2D eigenvalue weighted by Gasteiger charge is -2.04. The number of rotatable bonds is 2. The number of para-hydroxylation sites is 2. The second kappa shape index (κ2) is 7.75. The minimum atomic E-state index is 0.329. The monoisotopic (exact) mass is 277 g/mol. The van der Waals surface area contributed by atoms with Crippen LogP contribution in [-0.4, -0.2) is 5.11 Å². The summed E-state index contributed by atoms with van der Waals surface area (Å²) in [7, 11) is 0. The van der Waals surface area contributed by atoms with E-state index in [1.54, 1.807) is 12.1 Å². The van der Waals surface area contributed by atoms with Crippen molar-refractivity contribution in [2.24, 2.45) is 0 Å². The zero-order valence-corrected chi connectivity index (χ0v) is 12.0. The first-order valence-corrected chi connectivity index (χ1v) is 6.87. The van der Waals surface area contributed by atoms with E-state index >= 15 is 0 Å². The van der Waals surface area contributed by atoms with Gasteiger partial charge in [0, 0.05) is 11.4 Å². The summed E-state index contributed by atoms with van der Waals surface area (Å²) >= 11 is 0. The van der Waals surface area contributed by atoms with Crippen LogP contribution in [0.25, 0.3) is 0 Å². The standard InChI is InChI=1S/C12H11N.C7H8O/c1-3-7-11(8-4-1)13-12-9-5-2-6-10-12;1-6-2-4-7(8)5-3-6/h1-10,13H;2-5,8H,1H3. The van der Waals surface area contributed by atoms with Crippen LogP contribution in [0, 0.1) is 6.92 Å². The highest BCUT2D eigenvalue weighted by molar-refractivity contribution is 5.58. The van der Waals surface area contributed by atoms with Gasteiger partial charge in [-0.1, -0.05) is 54.1 Å². The van der Waals surface area contributed by atoms with E-state index in [4.69, 9.17) is 5.11 Å². The molecule has 2 N–H and O–H groups in total. The van der Waals surface area contributed by atoms with Gasteiger partial charge in [-0.05, 0) is 43.3 Å². The molecule has 3 rings (SSSR count). The van der Waals surface area contributed by atoms with Crippen molar-refractivity contribution in [1.29, 1.82) is 0 Å². The molecule has 0 unspecified atom stereocenters. The van der Waals surface area contributed by atoms with Crippen LogP contribution in [-0.2, 0) is 0 Å². The molecule has 0 aliphatic heterocycles. The summed E-state index contributed by atoms with van der Waals surface area (Å²) in [5.74, 6) is 0.329. The van der Waals surface area contributed by atoms with Crippen LogP contribution < -0.4 is 5.32 Å². The number of benzene rings is 3. The lowest BCUT2D eigenvalue weighted by molar-refractivity contribution is 0.475. The molecule has 0 aromatic heterocycles. The van der Waals surface area contributed by atoms with Gasteiger partial charge in [-0.15, -0.1) is 0 Å². The third kappa shape index (κ3) is 5.41. The number of aryl methyl sites for hydroxylation is 1. The van der Waals surface area contributed by atoms with Crippen molar-refractivity contribution >= 4 is 11.4 Å². The van der Waals surface area contributed by atoms with Crippen molar-refractivity contribution in [3.63, 3.8) is 0 Å². The molecular formula is C19H19NO. The van der Waals surface area contributed by atoms with Crippen LogP contribution in [0.3, 0.4) is 0 Å². The average Bonchev–Trinajstić information content (AvgIpc) is 2.53. The van der Waals surface area contributed by atoms with Gasteiger partial charge in [-0.2, -0.15) is 0 Å². The molecule has 0 amide bonds. The maximum absolute atomic E-state index is 8.76. The van der Waals surface area contributed by atoms with Gasteiger partial charge in [-0.3, -0.25) is 0 Å². The molecule has 21 heavy (non-hydrogen) atoms. The van der Waals surface area contributed by atoms with Crippen LogP contribution in [0.15, 0.2) is 84.9 Å². The van der Waals surface area contributed by atoms with Gasteiger partial charge in [0.25, 0.3) is 0 Å². The molecule has 3 aromatic carbocycles. The smallest absolute Gasteiger partial charge is 0.115 e. The Labute approximate surface area is 125 Å². The summed E-state index contributed by atoms with van der Waals surface area (Å²) < 4.78 is 0. The number of aromatic hydroxyl groups is 1. The van der Waals surface area contributed by atoms with Gasteiger partial charge in [0.05, 0.1) is 0 Å². The van der Waals surface area contributed by atoms with E-state index in [0.29, 0.717) is 5.75 Å². The Kier molecular flexibility index (Phi) is 5.41. The fourth-order valence-corrected chi connectivity index (χ4v) is 1.75. The summed E-state index contributed by atoms with van der Waals surface area (Å²) in [6, 6.07) is 27.4. The van der Waals surface area contributed by atoms with Crippen molar-refractivity contribution in [1.82, 2.24) is 0 Å². The average molecular weight is 277 g/mol. The summed E-state index contributed by atoms with van der Waals surface area (Å²) in [6.07, 6.45) is 0. The quantitative estimate of drug-likeness (QED) is 0.680. The molecule has 0 saturated carbocycles. The third-order valence-electron chi connectivity index (χ3n) is 2.87. The van der Waals surface area contributed by atoms with E-state index in [0.717, 1.165) is 11.4 Å². The second-order valence-corrected chi connectivity index (χ2v) is 4.69. The molecule has 0 spiro atoms. The molecule has 0 aliphatic rings. The summed E-state index contributed by atoms with van der Waals surface area (Å²) in [4.78, 5) is 0. The minimum absolute atomic E-state index is 0.329. The molecule has 2 heteroatoms. The maximum Gasteiger partial charge on any atom is 0.115 e. The van der Waals surface area contributed by atoms with Gasteiger partial charge in [0.2, 0.25) is 0 Å². The van der Waals surface area contributed by atoms with E-state index < -0.39 is 0 Å². The predicted octanol–water partition coefficient (Wildman–Crippen LogP) is 5.13. The van der Waals surface area contributed by atoms with Crippen LogP contribution in [0.2, 0.25) is 0 Å². The number of hydrogen-bond acceptors (Lipinski definition) is 2. The number of hydrogen-bond donors (Lipinski definition) is 2. The first-order chi connectivity index (χ1) is 10.2. The summed E-state index contributed by atoms with van der Waals surface area (Å²) in [5, 5.41) is 12.1. The molecule has 0 fully saturated rings. The van der Waals surface area contributed by atoms with Crippen LogP contribution in [0.1, 0.15) is 5.56 Å². The second-order valence-electron chi connectivity index (χ2n) is 4.69. The van der Waals surface area contributed by atoms with E-state index in [1.807, 2.05) is 79.7 Å². The first kappa shape index (κ1) is 14.7. The van der Waals surface area contributed by atoms with Gasteiger partial charge in [0.15, 0.2) is 0 Å². The summed E-state index contributed by atoms with van der Waals surface area (Å²) in [5.41, 5.74) is 3.41. The molecule has 0 radical (unpaired) electrons. The SMILES string of the molecule is Cc1ccc(O)cc1.c1ccc(Nc2ccccc2)cc1. The predicted molar refractivity (Wildman–Crippen MR) is 89.0 cm³/mol. The Morgan fingerprint density at radius 2 is 1.05 bits per heavy atom. The van der Waals surface area contributed by atoms with Gasteiger partial charge >= 0.3 is 0 Å². The lowest BCUT2D eigenvalue weighted by Crippen LogP contribution is -1.87. The van der Waals surface area contributed by atoms with Gasteiger partial charge in [0.1, 0.15) is 5.75 Å². The van der Waals surface area contributed by atoms with Gasteiger partial charge < -0.3 is 10.4 Å². The maximum atomic E-state index is 8.76. The first-order valence-electron chi connectivity index (χ1n) is 6.87. The largest absolute Gasteiger partial charge is 0.508 e. The zero-order valence-electron chi connectivity index (χ0n) is 12.0. The topological polar surface area (TPSA) is 32.3 Å². The highest BCUT2D eigenvalue weighted by Gasteiger charge is 1.89. The van der Waals surface area contributed by atoms with Crippen LogP contribution >= 0.6 is 0 Å². The Hall–Kier alpha value is -2.74. The van der Waals surface area contributed by atoms with E-state index in [2.05, 4.69) is 5.32 Å². The number of phenols is 1. The Bertz CT molecular complexity index is 575. The molecule has 106 valence electrons. The molecule has 0 heterocycles. The molecule has 2 nitrogen and oxygen atoms in total. The molecule has 0 aliphatic carbocycles. The molecule has 0 saturated heterocycles. The number of phenolic OH excluding ortho intramolecular Hbond substituents is 1. The molecule has 3 aromatic rings. The third-order valence-corrected chi connectivity index (χ3v) is 2.87. The molecule has 0 atom stereocenters.